The summed E-state index contributed by atoms with van der Waals surface area (Å²) in [4.78, 5) is 59.1. The number of ketones is 1. The van der Waals surface area contributed by atoms with E-state index in [0.717, 1.165) is 46.2 Å². The quantitative estimate of drug-likeness (QED) is 0.0486. The number of Topliss-reactive ketones (excluding diaryl/α,β-unsaturated/α-hetero) is 1. The number of hydrogen-bond donors (Lipinski definition) is 6. The normalized spacial score (nSPS) is 15.4. The largest absolute Gasteiger partial charge is 0.400 e. The zero-order valence-corrected chi connectivity index (χ0v) is 25.0. The van der Waals surface area contributed by atoms with Gasteiger partial charge in [0.25, 0.3) is 11.8 Å². The summed E-state index contributed by atoms with van der Waals surface area (Å²) in [6, 6.07) is 10.9. The molecule has 2 aromatic carbocycles. The molecule has 2 aliphatic rings. The van der Waals surface area contributed by atoms with Crippen LogP contribution in [0.1, 0.15) is 79.3 Å². The molecule has 0 fully saturated rings. The fourth-order valence-corrected chi connectivity index (χ4v) is 5.75. The maximum atomic E-state index is 13.1. The number of fused-ring (bicyclic) bond motifs is 2. The fourth-order valence-electron chi connectivity index (χ4n) is 5.75. The van der Waals surface area contributed by atoms with Crippen LogP contribution in [0.25, 0.3) is 0 Å². The number of nitrogens with two attached hydrogens (primary N) is 4. The summed E-state index contributed by atoms with van der Waals surface area (Å²) in [5, 5.41) is 9.49. The van der Waals surface area contributed by atoms with Crippen molar-refractivity contribution in [1.29, 1.82) is 0 Å². The molecule has 0 bridgehead atoms. The predicted octanol–water partition coefficient (Wildman–Crippen LogP) is 0.518. The summed E-state index contributed by atoms with van der Waals surface area (Å²) in [5.41, 5.74) is 13.6. The molecule has 0 saturated carbocycles. The summed E-state index contributed by atoms with van der Waals surface area (Å²) in [6.45, 7) is 4.69. The predicted molar refractivity (Wildman–Crippen MR) is 167 cm³/mol. The maximum Gasteiger partial charge on any atom is 0.270 e. The van der Waals surface area contributed by atoms with Gasteiger partial charge in [0.2, 0.25) is 5.78 Å². The SMILES string of the molecule is C/C(N)=C(\C(=O)C=O)N1Cc2ccc(CNC(=O)c3cc(C(=O)NC4CCc5c4ccc(/C=N/N)c5C)ncn3)cc2C1.NN. The van der Waals surface area contributed by atoms with Crippen LogP contribution in [-0.4, -0.2) is 45.0 Å². The van der Waals surface area contributed by atoms with Gasteiger partial charge in [-0.1, -0.05) is 30.3 Å². The van der Waals surface area contributed by atoms with Crippen molar-refractivity contribution in [2.75, 3.05) is 0 Å². The van der Waals surface area contributed by atoms with Gasteiger partial charge in [0.1, 0.15) is 23.4 Å². The highest BCUT2D eigenvalue weighted by Crippen LogP contribution is 2.34. The molecule has 1 unspecified atom stereocenters. The number of aromatic nitrogens is 2. The number of hydrazone groups is 1. The van der Waals surface area contributed by atoms with E-state index in [-0.39, 0.29) is 41.7 Å². The van der Waals surface area contributed by atoms with Crippen LogP contribution in [0.5, 0.6) is 0 Å². The number of carbonyl (C=O) groups is 4. The lowest BCUT2D eigenvalue weighted by atomic mass is 9.98. The number of allylic oxidation sites excluding steroid dienone is 2. The Kier molecular flexibility index (Phi) is 10.3. The molecule has 0 radical (unpaired) electrons. The molecule has 1 aromatic heterocycles. The Labute approximate surface area is 259 Å². The Morgan fingerprint density at radius 1 is 1.04 bits per heavy atom. The van der Waals surface area contributed by atoms with E-state index in [4.69, 9.17) is 11.6 Å². The number of nitrogens with one attached hydrogen (secondary N) is 2. The molecule has 14 heteroatoms. The third-order valence-corrected chi connectivity index (χ3v) is 7.86. The highest BCUT2D eigenvalue weighted by molar-refractivity contribution is 6.32. The van der Waals surface area contributed by atoms with E-state index in [2.05, 4.69) is 37.4 Å². The topological polar surface area (TPSA) is 238 Å². The number of benzene rings is 2. The molecule has 45 heavy (non-hydrogen) atoms. The number of hydrazine groups is 1. The Balaban J connectivity index is 0.00000226. The molecule has 14 nitrogen and oxygen atoms in total. The first-order chi connectivity index (χ1) is 21.7. The summed E-state index contributed by atoms with van der Waals surface area (Å²) in [7, 11) is 0. The van der Waals surface area contributed by atoms with Crippen LogP contribution < -0.4 is 33.9 Å². The van der Waals surface area contributed by atoms with Gasteiger partial charge in [-0.25, -0.2) is 9.97 Å². The number of nitrogens with zero attached hydrogens (tertiary/aromatic N) is 4. The third kappa shape index (κ3) is 7.03. The molecule has 2 amide bonds. The molecule has 1 atom stereocenters. The monoisotopic (exact) mass is 612 g/mol. The van der Waals surface area contributed by atoms with Gasteiger partial charge in [-0.3, -0.25) is 30.9 Å². The van der Waals surface area contributed by atoms with Crippen LogP contribution in [0.4, 0.5) is 0 Å². The van der Waals surface area contributed by atoms with E-state index < -0.39 is 17.6 Å². The minimum absolute atomic E-state index is 0.0708. The Morgan fingerprint density at radius 2 is 1.76 bits per heavy atom. The van der Waals surface area contributed by atoms with Crippen LogP contribution in [0.3, 0.4) is 0 Å². The first-order valence-corrected chi connectivity index (χ1v) is 14.1. The number of rotatable bonds is 9. The van der Waals surface area contributed by atoms with Crippen molar-refractivity contribution < 1.29 is 19.2 Å². The first kappa shape index (κ1) is 32.4. The molecule has 0 spiro atoms. The third-order valence-electron chi connectivity index (χ3n) is 7.86. The standard InChI is InChI=1S/C31H32N8O4.H4N2/c1-17-20(12-37-33)5-6-24-23(17)7-8-25(24)38-31(43)27-10-26(35-16-36-27)30(42)34-11-19-3-4-21-13-39(14-22(21)9-19)29(18(2)32)28(41)15-40;1-2/h3-6,9-10,12,15-16,25H,7-8,11,13-14,32-33H2,1-2H3,(H,34,42)(H,38,43);1-2H2/b29-18-,37-12+;. The lowest BCUT2D eigenvalue weighted by Gasteiger charge is -2.20. The lowest BCUT2D eigenvalue weighted by Crippen LogP contribution is -2.29. The maximum absolute atomic E-state index is 13.1. The molecule has 234 valence electrons. The second-order valence-corrected chi connectivity index (χ2v) is 10.6. The van der Waals surface area contributed by atoms with Crippen molar-refractivity contribution in [2.45, 2.75) is 52.4 Å². The highest BCUT2D eigenvalue weighted by Gasteiger charge is 2.28. The first-order valence-electron chi connectivity index (χ1n) is 14.1. The number of amides is 2. The van der Waals surface area contributed by atoms with Gasteiger partial charge in [-0.15, -0.1) is 0 Å². The Hall–Kier alpha value is -5.47. The van der Waals surface area contributed by atoms with Crippen molar-refractivity contribution in [1.82, 2.24) is 25.5 Å². The summed E-state index contributed by atoms with van der Waals surface area (Å²) < 4.78 is 0. The van der Waals surface area contributed by atoms with Crippen LogP contribution in [0.2, 0.25) is 0 Å². The minimum Gasteiger partial charge on any atom is -0.400 e. The van der Waals surface area contributed by atoms with Crippen molar-refractivity contribution in [3.05, 3.63) is 104 Å². The van der Waals surface area contributed by atoms with Gasteiger partial charge in [0.15, 0.2) is 6.29 Å². The molecule has 1 aliphatic heterocycles. The van der Waals surface area contributed by atoms with Gasteiger partial charge in [0.05, 0.1) is 12.3 Å². The number of hydrogen-bond acceptors (Lipinski definition) is 12. The average molecular weight is 613 g/mol. The van der Waals surface area contributed by atoms with Gasteiger partial charge >= 0.3 is 0 Å². The van der Waals surface area contributed by atoms with E-state index in [0.29, 0.717) is 13.1 Å². The van der Waals surface area contributed by atoms with Crippen molar-refractivity contribution in [2.24, 2.45) is 28.4 Å². The number of aldehydes is 1. The molecule has 3 aromatic rings. The van der Waals surface area contributed by atoms with Crippen LogP contribution in [0, 0.1) is 6.92 Å². The van der Waals surface area contributed by atoms with Gasteiger partial charge in [-0.05, 0) is 65.6 Å². The van der Waals surface area contributed by atoms with E-state index in [1.807, 2.05) is 37.3 Å². The molecular formula is C31H36N10O4. The van der Waals surface area contributed by atoms with E-state index in [1.165, 1.54) is 18.0 Å². The molecule has 10 N–H and O–H groups in total. The molecule has 0 saturated heterocycles. The Morgan fingerprint density at radius 3 is 2.44 bits per heavy atom. The summed E-state index contributed by atoms with van der Waals surface area (Å²) >= 11 is 0. The zero-order valence-electron chi connectivity index (χ0n) is 25.0. The van der Waals surface area contributed by atoms with Crippen LogP contribution >= 0.6 is 0 Å². The average Bonchev–Trinajstić information content (AvgIpc) is 3.66. The second-order valence-electron chi connectivity index (χ2n) is 10.6. The highest BCUT2D eigenvalue weighted by atomic mass is 16.2. The van der Waals surface area contributed by atoms with Gasteiger partial charge in [-0.2, -0.15) is 5.10 Å². The molecule has 1 aliphatic carbocycles. The summed E-state index contributed by atoms with van der Waals surface area (Å²) in [5.74, 6) is 11.8. The van der Waals surface area contributed by atoms with Gasteiger partial charge in [0, 0.05) is 31.4 Å². The smallest absolute Gasteiger partial charge is 0.270 e. The second kappa shape index (κ2) is 14.3. The fraction of sp³-hybridized carbons (Fsp3) is 0.258. The van der Waals surface area contributed by atoms with Crippen molar-refractivity contribution in [3.8, 4) is 0 Å². The van der Waals surface area contributed by atoms with Crippen LogP contribution in [-0.2, 0) is 35.6 Å². The Bertz CT molecular complexity index is 1700. The molecular weight excluding hydrogens is 576 g/mol. The van der Waals surface area contributed by atoms with E-state index in [9.17, 15) is 19.2 Å². The number of carbonyl (C=O) groups excluding carboxylic acids is 4. The molecule has 2 heterocycles. The van der Waals surface area contributed by atoms with Crippen LogP contribution in [0.15, 0.2) is 59.2 Å². The molecule has 5 rings (SSSR count). The zero-order chi connectivity index (χ0) is 32.7. The van der Waals surface area contributed by atoms with E-state index >= 15 is 0 Å². The van der Waals surface area contributed by atoms with Crippen molar-refractivity contribution >= 4 is 30.1 Å². The van der Waals surface area contributed by atoms with E-state index in [1.54, 1.807) is 18.0 Å². The van der Waals surface area contributed by atoms with Gasteiger partial charge < -0.3 is 27.1 Å². The summed E-state index contributed by atoms with van der Waals surface area (Å²) in [6.07, 6.45) is 4.65. The minimum atomic E-state index is -0.659. The van der Waals surface area contributed by atoms with Crippen molar-refractivity contribution in [3.63, 3.8) is 0 Å². The lowest BCUT2D eigenvalue weighted by molar-refractivity contribution is -0.128.